The Labute approximate surface area is 115 Å². The van der Waals surface area contributed by atoms with Crippen LogP contribution in [0.4, 0.5) is 0 Å². The van der Waals surface area contributed by atoms with Gasteiger partial charge in [0.25, 0.3) is 0 Å². The highest BCUT2D eigenvalue weighted by atomic mass is 32.3. The summed E-state index contributed by atoms with van der Waals surface area (Å²) in [5.41, 5.74) is 1.52. The van der Waals surface area contributed by atoms with Gasteiger partial charge in [0.15, 0.2) is 0 Å². The van der Waals surface area contributed by atoms with E-state index >= 15 is 0 Å². The summed E-state index contributed by atoms with van der Waals surface area (Å²) < 4.78 is -0.0703. The molecule has 3 saturated heterocycles. The third-order valence-corrected chi connectivity index (χ3v) is 9.84. The topological polar surface area (TPSA) is 20.2 Å². The van der Waals surface area contributed by atoms with Gasteiger partial charge in [-0.1, -0.05) is 37.3 Å². The van der Waals surface area contributed by atoms with Crippen molar-refractivity contribution in [1.29, 1.82) is 0 Å². The Bertz CT molecular complexity index is 382. The quantitative estimate of drug-likeness (QED) is 0.895. The van der Waals surface area contributed by atoms with E-state index in [1.165, 1.54) is 17.3 Å². The fourth-order valence-electron chi connectivity index (χ4n) is 2.15. The third-order valence-electron chi connectivity index (χ3n) is 3.32. The van der Waals surface area contributed by atoms with Gasteiger partial charge in [-0.05, 0) is 11.0 Å². The van der Waals surface area contributed by atoms with Crippen LogP contribution in [-0.2, 0) is 0 Å². The minimum Gasteiger partial charge on any atom is -0.385 e. The summed E-state index contributed by atoms with van der Waals surface area (Å²) in [5.74, 6) is 3.53. The second kappa shape index (κ2) is 4.41. The predicted molar refractivity (Wildman–Crippen MR) is 79.6 cm³/mol. The summed E-state index contributed by atoms with van der Waals surface area (Å²) in [7, 11) is 0. The van der Waals surface area contributed by atoms with Crippen LogP contribution in [0.2, 0.25) is 0 Å². The summed E-state index contributed by atoms with van der Waals surface area (Å²) in [6, 6.07) is 10.1. The van der Waals surface area contributed by atoms with Crippen molar-refractivity contribution in [2.24, 2.45) is 5.41 Å². The average Bonchev–Trinajstić information content (AvgIpc) is 2.40. The number of thioether (sulfide) groups is 3. The fraction of sp³-hybridized carbons (Fsp3) is 0.538. The molecule has 1 N–H and O–H groups in total. The molecule has 1 aromatic rings. The molecular weight excluding hydrogens is 268 g/mol. The van der Waals surface area contributed by atoms with Gasteiger partial charge in [-0.15, -0.1) is 35.3 Å². The highest BCUT2D eigenvalue weighted by Crippen LogP contribution is 2.65. The van der Waals surface area contributed by atoms with E-state index in [2.05, 4.69) is 6.92 Å². The van der Waals surface area contributed by atoms with Crippen LogP contribution in [0.5, 0.6) is 0 Å². The maximum Gasteiger partial charge on any atom is 0.137 e. The summed E-state index contributed by atoms with van der Waals surface area (Å²) >= 11 is 5.81. The van der Waals surface area contributed by atoms with Crippen LogP contribution in [0.3, 0.4) is 0 Å². The van der Waals surface area contributed by atoms with Gasteiger partial charge < -0.3 is 5.11 Å². The largest absolute Gasteiger partial charge is 0.385 e. The zero-order valence-corrected chi connectivity index (χ0v) is 12.2. The zero-order valence-electron chi connectivity index (χ0n) is 9.76. The van der Waals surface area contributed by atoms with Crippen molar-refractivity contribution < 1.29 is 5.11 Å². The van der Waals surface area contributed by atoms with E-state index in [-0.39, 0.29) is 9.52 Å². The Morgan fingerprint density at radius 3 is 2.12 bits per heavy atom. The lowest BCUT2D eigenvalue weighted by Crippen LogP contribution is -2.45. The molecule has 2 bridgehead atoms. The van der Waals surface area contributed by atoms with Gasteiger partial charge in [0, 0.05) is 17.3 Å². The molecule has 0 aliphatic carbocycles. The molecule has 1 unspecified atom stereocenters. The first-order valence-corrected chi connectivity index (χ1v) is 8.74. The van der Waals surface area contributed by atoms with Crippen LogP contribution in [0.1, 0.15) is 18.6 Å². The molecule has 1 nitrogen and oxygen atoms in total. The second-order valence-corrected chi connectivity index (χ2v) is 9.53. The molecular formula is C13H16OS3. The minimum absolute atomic E-state index is 0.0703. The van der Waals surface area contributed by atoms with Crippen LogP contribution in [0.25, 0.3) is 0 Å². The first-order chi connectivity index (χ1) is 8.14. The molecule has 0 radical (unpaired) electrons. The van der Waals surface area contributed by atoms with Crippen molar-refractivity contribution >= 4 is 35.3 Å². The van der Waals surface area contributed by atoms with Crippen molar-refractivity contribution in [3.8, 4) is 0 Å². The van der Waals surface area contributed by atoms with Crippen LogP contribution in [-0.4, -0.2) is 25.8 Å². The smallest absolute Gasteiger partial charge is 0.137 e. The molecule has 0 aromatic heterocycles. The molecule has 0 amide bonds. The van der Waals surface area contributed by atoms with Crippen molar-refractivity contribution in [3.63, 3.8) is 0 Å². The van der Waals surface area contributed by atoms with Crippen molar-refractivity contribution in [3.05, 3.63) is 35.9 Å². The number of aliphatic hydroxyl groups excluding tert-OH is 1. The Hall–Kier alpha value is 0.230. The number of fused-ring (bicyclic) bond motifs is 3. The lowest BCUT2D eigenvalue weighted by atomic mass is 9.99. The minimum atomic E-state index is -0.367. The highest BCUT2D eigenvalue weighted by molar-refractivity contribution is 8.34. The van der Waals surface area contributed by atoms with Crippen LogP contribution >= 0.6 is 35.3 Å². The zero-order chi connectivity index (χ0) is 11.9. The average molecular weight is 284 g/mol. The molecule has 1 atom stereocenters. The standard InChI is InChI=1S/C13H16OS3/c1-12-7-15-13(16-8-12,17-9-12)11(14)10-5-3-2-4-6-10/h2-6,11,14H,7-9H2,1H3. The number of rotatable bonds is 2. The van der Waals surface area contributed by atoms with Crippen LogP contribution < -0.4 is 0 Å². The molecule has 0 saturated carbocycles. The van der Waals surface area contributed by atoms with Gasteiger partial charge in [0.2, 0.25) is 0 Å². The van der Waals surface area contributed by atoms with Gasteiger partial charge in [0.1, 0.15) is 9.52 Å². The molecule has 3 aliphatic heterocycles. The molecule has 3 fully saturated rings. The molecule has 1 aromatic carbocycles. The van der Waals surface area contributed by atoms with Gasteiger partial charge in [-0.2, -0.15) is 0 Å². The summed E-state index contributed by atoms with van der Waals surface area (Å²) in [5, 5.41) is 10.6. The molecule has 3 aliphatic rings. The Morgan fingerprint density at radius 2 is 1.59 bits per heavy atom. The monoisotopic (exact) mass is 284 g/mol. The number of aliphatic hydroxyl groups is 1. The van der Waals surface area contributed by atoms with Crippen molar-refractivity contribution in [2.75, 3.05) is 17.3 Å². The highest BCUT2D eigenvalue weighted by Gasteiger charge is 2.52. The Balaban J connectivity index is 1.85. The van der Waals surface area contributed by atoms with Crippen LogP contribution in [0, 0.1) is 5.41 Å². The van der Waals surface area contributed by atoms with E-state index in [1.807, 2.05) is 65.6 Å². The Morgan fingerprint density at radius 1 is 1.06 bits per heavy atom. The maximum atomic E-state index is 10.6. The molecule has 4 heteroatoms. The number of hydrogen-bond acceptors (Lipinski definition) is 4. The summed E-state index contributed by atoms with van der Waals surface area (Å²) in [6.45, 7) is 2.36. The third kappa shape index (κ3) is 2.14. The fourth-order valence-corrected chi connectivity index (χ4v) is 7.74. The first kappa shape index (κ1) is 12.3. The normalized spacial score (nSPS) is 38.0. The predicted octanol–water partition coefficient (Wildman–Crippen LogP) is 3.61. The Kier molecular flexibility index (Phi) is 3.18. The van der Waals surface area contributed by atoms with E-state index in [1.54, 1.807) is 0 Å². The van der Waals surface area contributed by atoms with Gasteiger partial charge in [-0.25, -0.2) is 0 Å². The summed E-state index contributed by atoms with van der Waals surface area (Å²) in [4.78, 5) is 0. The number of hydrogen-bond donors (Lipinski definition) is 1. The molecule has 92 valence electrons. The van der Waals surface area contributed by atoms with E-state index in [9.17, 15) is 5.11 Å². The van der Waals surface area contributed by atoms with Crippen molar-refractivity contribution in [1.82, 2.24) is 0 Å². The first-order valence-electron chi connectivity index (χ1n) is 5.79. The second-order valence-electron chi connectivity index (χ2n) is 5.09. The maximum absolute atomic E-state index is 10.6. The molecule has 17 heavy (non-hydrogen) atoms. The van der Waals surface area contributed by atoms with E-state index in [4.69, 9.17) is 0 Å². The molecule has 3 heterocycles. The van der Waals surface area contributed by atoms with E-state index in [0.29, 0.717) is 5.41 Å². The number of benzene rings is 1. The van der Waals surface area contributed by atoms with Crippen molar-refractivity contribution in [2.45, 2.75) is 16.4 Å². The van der Waals surface area contributed by atoms with E-state index < -0.39 is 0 Å². The van der Waals surface area contributed by atoms with Crippen LogP contribution in [0.15, 0.2) is 30.3 Å². The molecule has 0 spiro atoms. The summed E-state index contributed by atoms with van der Waals surface area (Å²) in [6.07, 6.45) is -0.367. The SMILES string of the molecule is CC12CSC(C(O)c3ccccc3)(SC1)SC2. The lowest BCUT2D eigenvalue weighted by Gasteiger charge is -2.51. The lowest BCUT2D eigenvalue weighted by molar-refractivity contribution is 0.186. The van der Waals surface area contributed by atoms with E-state index in [0.717, 1.165) is 5.56 Å². The molecule has 4 rings (SSSR count). The van der Waals surface area contributed by atoms with Gasteiger partial charge in [-0.3, -0.25) is 0 Å². The van der Waals surface area contributed by atoms with Gasteiger partial charge >= 0.3 is 0 Å². The van der Waals surface area contributed by atoms with Gasteiger partial charge in [0.05, 0.1) is 0 Å².